The van der Waals surface area contributed by atoms with E-state index >= 15 is 0 Å². The van der Waals surface area contributed by atoms with Crippen LogP contribution in [-0.2, 0) is 4.57 Å². The van der Waals surface area contributed by atoms with E-state index in [1.165, 1.54) is 0 Å². The summed E-state index contributed by atoms with van der Waals surface area (Å²) in [5.74, 6) is 1.60. The Balaban J connectivity index is 1.18. The van der Waals surface area contributed by atoms with Gasteiger partial charge in [0.25, 0.3) is 0 Å². The number of hydrogen-bond acceptors (Lipinski definition) is 11. The van der Waals surface area contributed by atoms with Crippen LogP contribution in [0.1, 0.15) is 12.8 Å². The van der Waals surface area contributed by atoms with Gasteiger partial charge in [0, 0.05) is 81.2 Å². The Kier molecular flexibility index (Phi) is 10.1. The molecule has 2 aromatic heterocycles. The van der Waals surface area contributed by atoms with Crippen LogP contribution in [0.15, 0.2) is 77.7 Å². The van der Waals surface area contributed by atoms with Gasteiger partial charge >= 0.3 is 0 Å². The van der Waals surface area contributed by atoms with Crippen LogP contribution in [0.2, 0.25) is 0 Å². The van der Waals surface area contributed by atoms with Crippen LogP contribution < -0.4 is 25.6 Å². The lowest BCUT2D eigenvalue weighted by molar-refractivity contribution is 0.0982. The standard InChI is InChI=1S/C37H43BrN9O2P/c1-45-18-20-46(21-19-45)26-12-16-47(17-13-26)32-23-33(49-2)31(22-27(32)25-8-6-5-7-9-25)43-37-41-24-28(38)36(44-37)42-30-11-10-29-34(40-15-14-39-29)35(30)50(3,4)48/h5-11,14-15,22-24,26H,12-13,16-21H2,1-4H3,(H2,41,42,43,44). The fraction of sp³-hybridized carbons (Fsp3) is 0.351. The highest BCUT2D eigenvalue weighted by atomic mass is 79.9. The largest absolute Gasteiger partial charge is 0.494 e. The molecule has 0 unspecified atom stereocenters. The number of piperazine rings is 1. The number of likely N-dealkylation sites (N-methyl/N-ethyl adjacent to an activating group) is 1. The van der Waals surface area contributed by atoms with Crippen molar-refractivity contribution in [3.63, 3.8) is 0 Å². The van der Waals surface area contributed by atoms with E-state index in [0.717, 1.165) is 74.6 Å². The van der Waals surface area contributed by atoms with Crippen molar-refractivity contribution < 1.29 is 9.30 Å². The summed E-state index contributed by atoms with van der Waals surface area (Å²) in [5, 5.41) is 7.45. The Labute approximate surface area is 302 Å². The number of benzene rings is 3. The number of nitrogens with one attached hydrogen (secondary N) is 2. The number of fused-ring (bicyclic) bond motifs is 1. The minimum Gasteiger partial charge on any atom is -0.494 e. The fourth-order valence-corrected chi connectivity index (χ4v) is 8.72. The summed E-state index contributed by atoms with van der Waals surface area (Å²) in [7, 11) is 1.15. The third-order valence-corrected chi connectivity index (χ3v) is 11.8. The van der Waals surface area contributed by atoms with Gasteiger partial charge in [0.05, 0.1) is 33.8 Å². The summed E-state index contributed by atoms with van der Waals surface area (Å²) in [5.41, 5.74) is 6.10. The molecule has 5 aromatic rings. The van der Waals surface area contributed by atoms with Gasteiger partial charge in [-0.3, -0.25) is 14.9 Å². The molecule has 13 heteroatoms. The molecule has 0 amide bonds. The molecular formula is C37H43BrN9O2P. The monoisotopic (exact) mass is 755 g/mol. The SMILES string of the molecule is COc1cc(N2CCC(N3CCN(C)CC3)CC2)c(-c2ccccc2)cc1Nc1ncc(Br)c(Nc2ccc3nccnc3c2P(C)(C)=O)n1. The molecular weight excluding hydrogens is 713 g/mol. The smallest absolute Gasteiger partial charge is 0.229 e. The Morgan fingerprint density at radius 1 is 0.880 bits per heavy atom. The molecule has 7 rings (SSSR count). The van der Waals surface area contributed by atoms with Crippen LogP contribution in [0.25, 0.3) is 22.2 Å². The first-order chi connectivity index (χ1) is 24.2. The minimum absolute atomic E-state index is 0.382. The molecule has 2 aliphatic heterocycles. The molecule has 0 radical (unpaired) electrons. The summed E-state index contributed by atoms with van der Waals surface area (Å²) in [6, 6.07) is 19.1. The van der Waals surface area contributed by atoms with Crippen molar-refractivity contribution in [1.29, 1.82) is 0 Å². The molecule has 0 spiro atoms. The van der Waals surface area contributed by atoms with Gasteiger partial charge in [0.15, 0.2) is 0 Å². The number of rotatable bonds is 9. The fourth-order valence-electron chi connectivity index (χ4n) is 7.04. The lowest BCUT2D eigenvalue weighted by atomic mass is 9.97. The average Bonchev–Trinajstić information content (AvgIpc) is 3.13. The van der Waals surface area contributed by atoms with Crippen molar-refractivity contribution in [3.8, 4) is 16.9 Å². The number of anilines is 5. The highest BCUT2D eigenvalue weighted by Crippen LogP contribution is 2.43. The van der Waals surface area contributed by atoms with Gasteiger partial charge in [0.2, 0.25) is 5.95 Å². The Bertz CT molecular complexity index is 2030. The number of aromatic nitrogens is 4. The van der Waals surface area contributed by atoms with E-state index in [-0.39, 0.29) is 0 Å². The van der Waals surface area contributed by atoms with E-state index in [1.54, 1.807) is 39.0 Å². The van der Waals surface area contributed by atoms with Crippen LogP contribution in [0.3, 0.4) is 0 Å². The van der Waals surface area contributed by atoms with Crippen LogP contribution in [0.5, 0.6) is 5.75 Å². The lowest BCUT2D eigenvalue weighted by Gasteiger charge is -2.43. The van der Waals surface area contributed by atoms with Crippen molar-refractivity contribution in [2.45, 2.75) is 18.9 Å². The Morgan fingerprint density at radius 3 is 2.34 bits per heavy atom. The van der Waals surface area contributed by atoms with Gasteiger partial charge in [-0.15, -0.1) is 0 Å². The number of halogens is 1. The lowest BCUT2D eigenvalue weighted by Crippen LogP contribution is -2.52. The second-order valence-electron chi connectivity index (χ2n) is 13.4. The highest BCUT2D eigenvalue weighted by molar-refractivity contribution is 9.10. The van der Waals surface area contributed by atoms with Crippen LogP contribution in [-0.4, -0.2) is 103 Å². The molecule has 260 valence electrons. The van der Waals surface area contributed by atoms with Crippen molar-refractivity contribution in [2.75, 3.05) is 82.3 Å². The maximum atomic E-state index is 13.5. The van der Waals surface area contributed by atoms with E-state index in [4.69, 9.17) is 9.72 Å². The minimum atomic E-state index is -2.76. The topological polar surface area (TPSA) is 112 Å². The number of hydrogen-bond donors (Lipinski definition) is 2. The van der Waals surface area contributed by atoms with Crippen molar-refractivity contribution in [3.05, 3.63) is 77.7 Å². The van der Waals surface area contributed by atoms with Gasteiger partial charge in [-0.05, 0) is 72.9 Å². The van der Waals surface area contributed by atoms with E-state index in [1.807, 2.05) is 18.2 Å². The molecule has 2 N–H and O–H groups in total. The van der Waals surface area contributed by atoms with Gasteiger partial charge in [-0.2, -0.15) is 4.98 Å². The third-order valence-electron chi connectivity index (χ3n) is 9.66. The van der Waals surface area contributed by atoms with E-state index in [9.17, 15) is 4.57 Å². The molecule has 50 heavy (non-hydrogen) atoms. The van der Waals surface area contributed by atoms with Crippen molar-refractivity contribution in [2.24, 2.45) is 0 Å². The summed E-state index contributed by atoms with van der Waals surface area (Å²) >= 11 is 3.61. The van der Waals surface area contributed by atoms with Gasteiger partial charge < -0.3 is 29.7 Å². The second kappa shape index (κ2) is 14.6. The number of methoxy groups -OCH3 is 1. The molecule has 4 heterocycles. The quantitative estimate of drug-likeness (QED) is 0.155. The molecule has 2 aliphatic rings. The van der Waals surface area contributed by atoms with Crippen molar-refractivity contribution >= 4 is 68.2 Å². The molecule has 11 nitrogen and oxygen atoms in total. The number of nitrogens with zero attached hydrogens (tertiary/aromatic N) is 7. The molecule has 0 saturated carbocycles. The third kappa shape index (κ3) is 7.35. The van der Waals surface area contributed by atoms with Gasteiger partial charge in [-0.1, -0.05) is 30.3 Å². The molecule has 2 saturated heterocycles. The Hall–Kier alpha value is -4.09. The van der Waals surface area contributed by atoms with E-state index < -0.39 is 7.14 Å². The zero-order valence-corrected chi connectivity index (χ0v) is 31.4. The first kappa shape index (κ1) is 34.4. The average molecular weight is 757 g/mol. The normalized spacial score (nSPS) is 16.5. The number of ether oxygens (including phenoxy) is 1. The van der Waals surface area contributed by atoms with Crippen LogP contribution in [0, 0.1) is 0 Å². The molecule has 2 fully saturated rings. The number of piperidine rings is 1. The van der Waals surface area contributed by atoms with E-state index in [2.05, 4.69) is 99.7 Å². The molecule has 0 bridgehead atoms. The summed E-state index contributed by atoms with van der Waals surface area (Å²) < 4.78 is 20.1. The van der Waals surface area contributed by atoms with Gasteiger partial charge in [-0.25, -0.2) is 4.98 Å². The highest BCUT2D eigenvalue weighted by Gasteiger charge is 2.29. The first-order valence-electron chi connectivity index (χ1n) is 17.0. The zero-order valence-electron chi connectivity index (χ0n) is 28.9. The summed E-state index contributed by atoms with van der Waals surface area (Å²) in [6.07, 6.45) is 7.22. The van der Waals surface area contributed by atoms with Crippen LogP contribution in [0.4, 0.5) is 28.8 Å². The van der Waals surface area contributed by atoms with Crippen molar-refractivity contribution in [1.82, 2.24) is 29.7 Å². The molecule has 0 atom stereocenters. The second-order valence-corrected chi connectivity index (χ2v) is 17.4. The van der Waals surface area contributed by atoms with Gasteiger partial charge in [0.1, 0.15) is 24.2 Å². The maximum absolute atomic E-state index is 13.5. The van der Waals surface area contributed by atoms with Crippen LogP contribution >= 0.6 is 23.1 Å². The zero-order chi connectivity index (χ0) is 34.8. The summed E-state index contributed by atoms with van der Waals surface area (Å²) in [6.45, 7) is 10.0. The van der Waals surface area contributed by atoms with E-state index in [0.29, 0.717) is 50.1 Å². The molecule has 3 aromatic carbocycles. The first-order valence-corrected chi connectivity index (χ1v) is 20.4. The maximum Gasteiger partial charge on any atom is 0.229 e. The molecule has 0 aliphatic carbocycles. The predicted molar refractivity (Wildman–Crippen MR) is 208 cm³/mol. The Morgan fingerprint density at radius 2 is 1.62 bits per heavy atom. The predicted octanol–water partition coefficient (Wildman–Crippen LogP) is 6.81. The summed E-state index contributed by atoms with van der Waals surface area (Å²) in [4.78, 5) is 26.0.